The molecule has 0 fully saturated rings. The summed E-state index contributed by atoms with van der Waals surface area (Å²) in [5, 5.41) is 11.4. The smallest absolute Gasteiger partial charge is 0.433 e. The quantitative estimate of drug-likeness (QED) is 0.891. The molecule has 4 nitrogen and oxygen atoms in total. The second-order valence-corrected chi connectivity index (χ2v) is 4.44. The highest BCUT2D eigenvalue weighted by molar-refractivity contribution is 6.33. The number of carboxylic acid groups (broad SMARTS) is 1. The van der Waals surface area contributed by atoms with Gasteiger partial charge in [0.15, 0.2) is 0 Å². The Balaban J connectivity index is 2.27. The van der Waals surface area contributed by atoms with Crippen molar-refractivity contribution in [2.75, 3.05) is 5.32 Å². The topological polar surface area (TPSA) is 62.2 Å². The SMILES string of the molecule is O=C(O)c1ccc(Nc2cccc(C(F)(F)F)n2)cc1Cl. The fraction of sp³-hybridized carbons (Fsp3) is 0.0769. The van der Waals surface area contributed by atoms with Crippen molar-refractivity contribution in [2.24, 2.45) is 0 Å². The second-order valence-electron chi connectivity index (χ2n) is 4.03. The lowest BCUT2D eigenvalue weighted by atomic mass is 10.2. The molecule has 0 saturated carbocycles. The first-order valence-electron chi connectivity index (χ1n) is 5.61. The van der Waals surface area contributed by atoms with E-state index in [9.17, 15) is 18.0 Å². The third kappa shape index (κ3) is 3.63. The number of hydrogen-bond donors (Lipinski definition) is 2. The van der Waals surface area contributed by atoms with Crippen molar-refractivity contribution < 1.29 is 23.1 Å². The molecule has 0 radical (unpaired) electrons. The lowest BCUT2D eigenvalue weighted by Crippen LogP contribution is -2.09. The van der Waals surface area contributed by atoms with Crippen LogP contribution in [-0.4, -0.2) is 16.1 Å². The average Bonchev–Trinajstić information content (AvgIpc) is 2.37. The molecule has 0 saturated heterocycles. The minimum absolute atomic E-state index is 0.0241. The van der Waals surface area contributed by atoms with Crippen molar-refractivity contribution in [3.05, 3.63) is 52.7 Å². The first-order chi connectivity index (χ1) is 9.77. The predicted octanol–water partition coefficient (Wildman–Crippen LogP) is 4.20. The van der Waals surface area contributed by atoms with Crippen LogP contribution in [0.4, 0.5) is 24.7 Å². The number of alkyl halides is 3. The van der Waals surface area contributed by atoms with Gasteiger partial charge in [-0.15, -0.1) is 0 Å². The third-order valence-corrected chi connectivity index (χ3v) is 2.82. The molecule has 0 amide bonds. The molecule has 2 N–H and O–H groups in total. The zero-order valence-electron chi connectivity index (χ0n) is 10.3. The van der Waals surface area contributed by atoms with Crippen LogP contribution < -0.4 is 5.32 Å². The zero-order valence-corrected chi connectivity index (χ0v) is 11.0. The van der Waals surface area contributed by atoms with Crippen LogP contribution in [0.1, 0.15) is 16.1 Å². The monoisotopic (exact) mass is 316 g/mol. The van der Waals surface area contributed by atoms with Gasteiger partial charge < -0.3 is 10.4 Å². The van der Waals surface area contributed by atoms with Gasteiger partial charge in [-0.2, -0.15) is 13.2 Å². The summed E-state index contributed by atoms with van der Waals surface area (Å²) >= 11 is 5.77. The lowest BCUT2D eigenvalue weighted by Gasteiger charge is -2.10. The summed E-state index contributed by atoms with van der Waals surface area (Å²) in [6.45, 7) is 0. The summed E-state index contributed by atoms with van der Waals surface area (Å²) in [5.41, 5.74) is -0.795. The van der Waals surface area contributed by atoms with Crippen LogP contribution in [0, 0.1) is 0 Å². The summed E-state index contributed by atoms with van der Waals surface area (Å²) in [4.78, 5) is 14.2. The van der Waals surface area contributed by atoms with E-state index in [4.69, 9.17) is 16.7 Å². The Labute approximate surface area is 122 Å². The molecule has 1 heterocycles. The summed E-state index contributed by atoms with van der Waals surface area (Å²) in [6, 6.07) is 7.36. The highest BCUT2D eigenvalue weighted by Crippen LogP contribution is 2.29. The standard InChI is InChI=1S/C13H8ClF3N2O2/c14-9-6-7(4-5-8(9)12(20)21)18-11-3-1-2-10(19-11)13(15,16)17/h1-6H,(H,18,19)(H,20,21). The second kappa shape index (κ2) is 5.61. The molecule has 0 aliphatic heterocycles. The molecular formula is C13H8ClF3N2O2. The minimum Gasteiger partial charge on any atom is -0.478 e. The van der Waals surface area contributed by atoms with E-state index in [0.29, 0.717) is 5.69 Å². The highest BCUT2D eigenvalue weighted by Gasteiger charge is 2.32. The molecule has 0 aliphatic carbocycles. The summed E-state index contributed by atoms with van der Waals surface area (Å²) in [5.74, 6) is -1.22. The van der Waals surface area contributed by atoms with E-state index in [-0.39, 0.29) is 16.4 Å². The van der Waals surface area contributed by atoms with Gasteiger partial charge in [-0.25, -0.2) is 9.78 Å². The van der Waals surface area contributed by atoms with Crippen LogP contribution in [0.3, 0.4) is 0 Å². The fourth-order valence-corrected chi connectivity index (χ4v) is 1.84. The number of rotatable bonds is 3. The molecule has 0 spiro atoms. The van der Waals surface area contributed by atoms with E-state index in [0.717, 1.165) is 6.07 Å². The van der Waals surface area contributed by atoms with Gasteiger partial charge in [0.05, 0.1) is 10.6 Å². The van der Waals surface area contributed by atoms with Crippen molar-refractivity contribution in [3.63, 3.8) is 0 Å². The molecule has 21 heavy (non-hydrogen) atoms. The van der Waals surface area contributed by atoms with Crippen LogP contribution in [0.15, 0.2) is 36.4 Å². The van der Waals surface area contributed by atoms with Crippen LogP contribution in [0.5, 0.6) is 0 Å². The van der Waals surface area contributed by atoms with E-state index >= 15 is 0 Å². The fourth-order valence-electron chi connectivity index (χ4n) is 1.58. The normalized spacial score (nSPS) is 11.2. The van der Waals surface area contributed by atoms with E-state index in [1.165, 1.54) is 30.3 Å². The minimum atomic E-state index is -4.54. The van der Waals surface area contributed by atoms with Crippen molar-refractivity contribution in [1.29, 1.82) is 0 Å². The third-order valence-electron chi connectivity index (χ3n) is 2.51. The summed E-state index contributed by atoms with van der Waals surface area (Å²) in [7, 11) is 0. The number of aromatic carboxylic acids is 1. The molecule has 1 aromatic carbocycles. The van der Waals surface area contributed by atoms with Crippen LogP contribution in [-0.2, 0) is 6.18 Å². The number of nitrogens with zero attached hydrogens (tertiary/aromatic N) is 1. The first-order valence-corrected chi connectivity index (χ1v) is 5.99. The maximum Gasteiger partial charge on any atom is 0.433 e. The molecule has 2 rings (SSSR count). The molecule has 110 valence electrons. The Morgan fingerprint density at radius 2 is 1.95 bits per heavy atom. The number of carboxylic acids is 1. The van der Waals surface area contributed by atoms with Gasteiger partial charge in [-0.3, -0.25) is 0 Å². The van der Waals surface area contributed by atoms with E-state index in [1.54, 1.807) is 0 Å². The molecule has 2 aromatic rings. The van der Waals surface area contributed by atoms with E-state index in [1.807, 2.05) is 0 Å². The molecule has 0 aliphatic rings. The summed E-state index contributed by atoms with van der Waals surface area (Å²) < 4.78 is 37.6. The van der Waals surface area contributed by atoms with Gasteiger partial charge in [0.2, 0.25) is 0 Å². The summed E-state index contributed by atoms with van der Waals surface area (Å²) in [6.07, 6.45) is -4.54. The van der Waals surface area contributed by atoms with Crippen molar-refractivity contribution >= 4 is 29.1 Å². The molecular weight excluding hydrogens is 309 g/mol. The molecule has 1 aromatic heterocycles. The van der Waals surface area contributed by atoms with Crippen molar-refractivity contribution in [1.82, 2.24) is 4.98 Å². The van der Waals surface area contributed by atoms with E-state index < -0.39 is 17.8 Å². The molecule has 0 atom stereocenters. The number of benzene rings is 1. The predicted molar refractivity (Wildman–Crippen MR) is 70.9 cm³/mol. The Hall–Kier alpha value is -2.28. The number of aromatic nitrogens is 1. The van der Waals surface area contributed by atoms with Crippen LogP contribution in [0.2, 0.25) is 5.02 Å². The Morgan fingerprint density at radius 1 is 1.24 bits per heavy atom. The van der Waals surface area contributed by atoms with Gasteiger partial charge in [0.1, 0.15) is 11.5 Å². The Morgan fingerprint density at radius 3 is 2.52 bits per heavy atom. The number of hydrogen-bond acceptors (Lipinski definition) is 3. The van der Waals surface area contributed by atoms with Crippen molar-refractivity contribution in [3.8, 4) is 0 Å². The van der Waals surface area contributed by atoms with Crippen LogP contribution in [0.25, 0.3) is 0 Å². The molecule has 8 heteroatoms. The maximum atomic E-state index is 12.5. The number of nitrogens with one attached hydrogen (secondary N) is 1. The largest absolute Gasteiger partial charge is 0.478 e. The van der Waals surface area contributed by atoms with Gasteiger partial charge in [0, 0.05) is 5.69 Å². The van der Waals surface area contributed by atoms with E-state index in [2.05, 4.69) is 10.3 Å². The van der Waals surface area contributed by atoms with Crippen molar-refractivity contribution in [2.45, 2.75) is 6.18 Å². The average molecular weight is 317 g/mol. The Bertz CT molecular complexity index is 689. The maximum absolute atomic E-state index is 12.5. The Kier molecular flexibility index (Phi) is 4.04. The number of halogens is 4. The van der Waals surface area contributed by atoms with Crippen LogP contribution >= 0.6 is 11.6 Å². The van der Waals surface area contributed by atoms with Gasteiger partial charge in [-0.1, -0.05) is 17.7 Å². The van der Waals surface area contributed by atoms with Gasteiger partial charge in [-0.05, 0) is 30.3 Å². The molecule has 0 bridgehead atoms. The highest BCUT2D eigenvalue weighted by atomic mass is 35.5. The number of carbonyl (C=O) groups is 1. The number of pyridine rings is 1. The van der Waals surface area contributed by atoms with Gasteiger partial charge in [0.25, 0.3) is 0 Å². The lowest BCUT2D eigenvalue weighted by molar-refractivity contribution is -0.141. The number of anilines is 2. The molecule has 0 unspecified atom stereocenters. The van der Waals surface area contributed by atoms with Gasteiger partial charge >= 0.3 is 12.1 Å². The first kappa shape index (κ1) is 15.1. The zero-order chi connectivity index (χ0) is 15.6.